The molecule has 0 saturated heterocycles. The van der Waals surface area contributed by atoms with E-state index >= 15 is 0 Å². The van der Waals surface area contributed by atoms with Crippen molar-refractivity contribution in [2.75, 3.05) is 0 Å². The number of hydrogen-bond donors (Lipinski definition) is 0. The summed E-state index contributed by atoms with van der Waals surface area (Å²) in [6, 6.07) is 1.28. The first-order valence-corrected chi connectivity index (χ1v) is 5.71. The normalized spacial score (nSPS) is 11.2. The number of aryl methyl sites for hydroxylation is 3. The van der Waals surface area contributed by atoms with Crippen LogP contribution < -0.4 is 0 Å². The van der Waals surface area contributed by atoms with Gasteiger partial charge in [-0.3, -0.25) is 0 Å². The highest BCUT2D eigenvalue weighted by molar-refractivity contribution is 5.93. The van der Waals surface area contributed by atoms with E-state index in [-0.39, 0.29) is 0 Å². The molecule has 0 aliphatic carbocycles. The molecule has 0 saturated carbocycles. The van der Waals surface area contributed by atoms with Gasteiger partial charge in [0.1, 0.15) is 0 Å². The number of fused-ring (bicyclic) bond motifs is 1. The summed E-state index contributed by atoms with van der Waals surface area (Å²) in [4.78, 5) is 0. The van der Waals surface area contributed by atoms with Crippen molar-refractivity contribution in [2.45, 2.75) is 34.6 Å². The third-order valence-electron chi connectivity index (χ3n) is 3.85. The molecule has 0 aromatic heterocycles. The average molecular weight is 234 g/mol. The summed E-state index contributed by atoms with van der Waals surface area (Å²) in [6.45, 7) is 9.63. The maximum atomic E-state index is 14.0. The summed E-state index contributed by atoms with van der Waals surface area (Å²) in [5, 5.41) is 1.28. The van der Waals surface area contributed by atoms with Crippen molar-refractivity contribution < 1.29 is 8.78 Å². The van der Waals surface area contributed by atoms with Crippen molar-refractivity contribution in [3.8, 4) is 0 Å². The minimum atomic E-state index is -0.763. The lowest BCUT2D eigenvalue weighted by Gasteiger charge is -2.16. The van der Waals surface area contributed by atoms with Crippen LogP contribution in [-0.4, -0.2) is 0 Å². The van der Waals surface area contributed by atoms with Crippen LogP contribution in [0.1, 0.15) is 27.8 Å². The minimum absolute atomic E-state index is 0.433. The fraction of sp³-hybridized carbons (Fsp3) is 0.333. The van der Waals surface area contributed by atoms with Gasteiger partial charge in [-0.1, -0.05) is 0 Å². The van der Waals surface area contributed by atoms with Crippen LogP contribution in [0.3, 0.4) is 0 Å². The molecule has 0 bridgehead atoms. The largest absolute Gasteiger partial charge is 0.204 e. The summed E-state index contributed by atoms with van der Waals surface area (Å²) in [7, 11) is 0. The first-order chi connectivity index (χ1) is 7.86. The third-order valence-corrected chi connectivity index (χ3v) is 3.85. The molecule has 2 rings (SSSR count). The second-order valence-corrected chi connectivity index (χ2v) is 4.74. The minimum Gasteiger partial charge on any atom is -0.204 e. The zero-order valence-corrected chi connectivity index (χ0v) is 10.8. The smallest absolute Gasteiger partial charge is 0.166 e. The first-order valence-electron chi connectivity index (χ1n) is 5.71. The molecule has 2 heteroatoms. The highest BCUT2D eigenvalue weighted by atomic mass is 19.2. The van der Waals surface area contributed by atoms with Crippen LogP contribution in [0.5, 0.6) is 0 Å². The molecule has 0 aliphatic heterocycles. The Hall–Kier alpha value is -1.44. The molecule has 2 aromatic rings. The van der Waals surface area contributed by atoms with Crippen LogP contribution in [0.15, 0.2) is 6.07 Å². The Labute approximate surface area is 100 Å². The second kappa shape index (κ2) is 3.80. The van der Waals surface area contributed by atoms with Gasteiger partial charge >= 0.3 is 0 Å². The van der Waals surface area contributed by atoms with Gasteiger partial charge in [0.2, 0.25) is 0 Å². The van der Waals surface area contributed by atoms with Crippen molar-refractivity contribution in [3.05, 3.63) is 45.5 Å². The molecular weight excluding hydrogens is 218 g/mol. The number of hydrogen-bond acceptors (Lipinski definition) is 0. The summed E-state index contributed by atoms with van der Waals surface area (Å²) in [5.74, 6) is -1.49. The Morgan fingerprint density at radius 3 is 1.71 bits per heavy atom. The van der Waals surface area contributed by atoms with E-state index in [4.69, 9.17) is 0 Å². The molecule has 17 heavy (non-hydrogen) atoms. The fourth-order valence-corrected chi connectivity index (χ4v) is 2.52. The second-order valence-electron chi connectivity index (χ2n) is 4.74. The molecular formula is C15H16F2. The van der Waals surface area contributed by atoms with Crippen LogP contribution >= 0.6 is 0 Å². The molecule has 0 spiro atoms. The standard InChI is InChI=1S/C15H16F2/c1-7-6-12(16)15(17)14-11(5)9(3)8(2)10(4)13(7)14/h6H,1-5H3. The van der Waals surface area contributed by atoms with Crippen LogP contribution in [0.4, 0.5) is 8.78 Å². The quantitative estimate of drug-likeness (QED) is 0.622. The van der Waals surface area contributed by atoms with Crippen molar-refractivity contribution >= 4 is 10.8 Å². The maximum absolute atomic E-state index is 14.0. The van der Waals surface area contributed by atoms with Crippen molar-refractivity contribution in [2.24, 2.45) is 0 Å². The van der Waals surface area contributed by atoms with Gasteiger partial charge in [0.15, 0.2) is 11.6 Å². The highest BCUT2D eigenvalue weighted by Gasteiger charge is 2.17. The summed E-state index contributed by atoms with van der Waals surface area (Å²) >= 11 is 0. The van der Waals surface area contributed by atoms with Crippen LogP contribution in [0, 0.1) is 46.3 Å². The Morgan fingerprint density at radius 1 is 0.706 bits per heavy atom. The van der Waals surface area contributed by atoms with Crippen LogP contribution in [-0.2, 0) is 0 Å². The van der Waals surface area contributed by atoms with Gasteiger partial charge < -0.3 is 0 Å². The zero-order chi connectivity index (χ0) is 12.9. The van der Waals surface area contributed by atoms with Gasteiger partial charge in [0.05, 0.1) is 0 Å². The van der Waals surface area contributed by atoms with Crippen molar-refractivity contribution in [1.29, 1.82) is 0 Å². The topological polar surface area (TPSA) is 0 Å². The molecule has 2 aromatic carbocycles. The molecule has 0 unspecified atom stereocenters. The Kier molecular flexibility index (Phi) is 2.69. The lowest BCUT2D eigenvalue weighted by Crippen LogP contribution is -2.00. The highest BCUT2D eigenvalue weighted by Crippen LogP contribution is 2.34. The van der Waals surface area contributed by atoms with Crippen LogP contribution in [0.25, 0.3) is 10.8 Å². The number of halogens is 2. The van der Waals surface area contributed by atoms with Gasteiger partial charge in [0, 0.05) is 5.39 Å². The van der Waals surface area contributed by atoms with E-state index < -0.39 is 11.6 Å². The van der Waals surface area contributed by atoms with Gasteiger partial charge in [0.25, 0.3) is 0 Å². The Morgan fingerprint density at radius 2 is 1.18 bits per heavy atom. The van der Waals surface area contributed by atoms with E-state index in [0.717, 1.165) is 33.2 Å². The van der Waals surface area contributed by atoms with Crippen molar-refractivity contribution in [3.63, 3.8) is 0 Å². The van der Waals surface area contributed by atoms with E-state index in [1.54, 1.807) is 0 Å². The van der Waals surface area contributed by atoms with Gasteiger partial charge in [-0.2, -0.15) is 0 Å². The molecule has 0 fully saturated rings. The lowest BCUT2D eigenvalue weighted by molar-refractivity contribution is 0.516. The molecule has 0 atom stereocenters. The Bertz CT molecular complexity index is 625. The summed E-state index contributed by atoms with van der Waals surface area (Å²) < 4.78 is 27.4. The van der Waals surface area contributed by atoms with Crippen LogP contribution in [0.2, 0.25) is 0 Å². The maximum Gasteiger partial charge on any atom is 0.166 e. The lowest BCUT2D eigenvalue weighted by atomic mass is 9.89. The SMILES string of the molecule is Cc1c(C)c(C)c2c(F)c(F)cc(C)c2c1C. The van der Waals surface area contributed by atoms with E-state index in [1.165, 1.54) is 6.07 Å². The molecule has 0 amide bonds. The predicted octanol–water partition coefficient (Wildman–Crippen LogP) is 4.66. The van der Waals surface area contributed by atoms with Gasteiger partial charge in [-0.05, 0) is 73.9 Å². The molecule has 0 radical (unpaired) electrons. The van der Waals surface area contributed by atoms with Gasteiger partial charge in [-0.25, -0.2) is 8.78 Å². The number of rotatable bonds is 0. The third kappa shape index (κ3) is 1.54. The first kappa shape index (κ1) is 12.0. The average Bonchev–Trinajstić information content (AvgIpc) is 2.28. The van der Waals surface area contributed by atoms with Crippen molar-refractivity contribution in [1.82, 2.24) is 0 Å². The van der Waals surface area contributed by atoms with E-state index in [0.29, 0.717) is 5.39 Å². The van der Waals surface area contributed by atoms with Gasteiger partial charge in [-0.15, -0.1) is 0 Å². The predicted molar refractivity (Wildman–Crippen MR) is 67.5 cm³/mol. The zero-order valence-electron chi connectivity index (χ0n) is 10.8. The molecule has 0 aliphatic rings. The van der Waals surface area contributed by atoms with E-state index in [1.807, 2.05) is 34.6 Å². The van der Waals surface area contributed by atoms with E-state index in [9.17, 15) is 8.78 Å². The number of benzene rings is 2. The monoisotopic (exact) mass is 234 g/mol. The molecule has 0 N–H and O–H groups in total. The summed E-state index contributed by atoms with van der Waals surface area (Å²) in [5.41, 5.74) is 4.87. The van der Waals surface area contributed by atoms with E-state index in [2.05, 4.69) is 0 Å². The molecule has 0 heterocycles. The summed E-state index contributed by atoms with van der Waals surface area (Å²) in [6.07, 6.45) is 0. The Balaban J connectivity index is 3.17. The fourth-order valence-electron chi connectivity index (χ4n) is 2.52. The molecule has 0 nitrogen and oxygen atoms in total. The molecule has 90 valence electrons.